The zero-order chi connectivity index (χ0) is 18.1. The van der Waals surface area contributed by atoms with Gasteiger partial charge in [0.2, 0.25) is 0 Å². The molecule has 0 aromatic rings. The van der Waals surface area contributed by atoms with Gasteiger partial charge in [-0.3, -0.25) is 15.5 Å². The Morgan fingerprint density at radius 1 is 1.15 bits per heavy atom. The summed E-state index contributed by atoms with van der Waals surface area (Å²) in [5.74, 6) is 0.140. The van der Waals surface area contributed by atoms with E-state index < -0.39 is 6.23 Å². The molecule has 0 aromatic heterocycles. The van der Waals surface area contributed by atoms with Gasteiger partial charge >= 0.3 is 0 Å². The van der Waals surface area contributed by atoms with Crippen LogP contribution in [0.4, 0.5) is 0 Å². The third kappa shape index (κ3) is 3.76. The van der Waals surface area contributed by atoms with E-state index in [4.69, 9.17) is 5.11 Å². The molecular weight excluding hydrogens is 350 g/mol. The van der Waals surface area contributed by atoms with Gasteiger partial charge in [-0.2, -0.15) is 5.26 Å². The van der Waals surface area contributed by atoms with Crippen LogP contribution in [0.15, 0.2) is 0 Å². The van der Waals surface area contributed by atoms with Crippen molar-refractivity contribution in [3.05, 3.63) is 0 Å². The second kappa shape index (κ2) is 8.31. The van der Waals surface area contributed by atoms with E-state index in [1.165, 1.54) is 6.42 Å². The van der Waals surface area contributed by atoms with Crippen LogP contribution in [-0.4, -0.2) is 88.4 Å². The number of aliphatic hydroxyl groups excluding tert-OH is 2. The predicted octanol–water partition coefficient (Wildman–Crippen LogP) is -0.426. The molecule has 3 saturated heterocycles. The minimum Gasteiger partial charge on any atom is -0.396 e. The van der Waals surface area contributed by atoms with Crippen molar-refractivity contribution >= 4 is 11.8 Å². The highest BCUT2D eigenvalue weighted by Crippen LogP contribution is 2.44. The summed E-state index contributed by atoms with van der Waals surface area (Å²) in [6.45, 7) is 5.56. The van der Waals surface area contributed by atoms with Crippen LogP contribution in [0.3, 0.4) is 0 Å². The predicted molar refractivity (Wildman–Crippen MR) is 101 cm³/mol. The fraction of sp³-hybridized carbons (Fsp3) is 0.944. The summed E-state index contributed by atoms with van der Waals surface area (Å²) >= 11 is 2.07. The number of aliphatic hydroxyl groups is 2. The van der Waals surface area contributed by atoms with Crippen LogP contribution in [0.5, 0.6) is 0 Å². The highest BCUT2D eigenvalue weighted by molar-refractivity contribution is 8.00. The van der Waals surface area contributed by atoms with Gasteiger partial charge in [0.25, 0.3) is 0 Å². The monoisotopic (exact) mass is 381 g/mol. The van der Waals surface area contributed by atoms with Crippen molar-refractivity contribution in [2.75, 3.05) is 39.3 Å². The zero-order valence-electron chi connectivity index (χ0n) is 15.3. The SMILES string of the molecule is N#CC1CC2C(CCC3SC(N4CCN(CCCO)CC4)NC32)NC1O. The molecule has 146 valence electrons. The summed E-state index contributed by atoms with van der Waals surface area (Å²) in [6, 6.07) is 3.05. The van der Waals surface area contributed by atoms with E-state index in [0.29, 0.717) is 28.7 Å². The van der Waals surface area contributed by atoms with Gasteiger partial charge in [-0.15, -0.1) is 11.8 Å². The first kappa shape index (κ1) is 18.9. The van der Waals surface area contributed by atoms with Crippen molar-refractivity contribution in [2.45, 2.75) is 54.7 Å². The summed E-state index contributed by atoms with van der Waals surface area (Å²) in [5, 5.41) is 36.2. The van der Waals surface area contributed by atoms with E-state index >= 15 is 0 Å². The third-order valence-corrected chi connectivity index (χ3v) is 8.18. The Bertz CT molecular complexity index is 524. The zero-order valence-corrected chi connectivity index (χ0v) is 16.1. The molecule has 26 heavy (non-hydrogen) atoms. The minimum atomic E-state index is -0.672. The first-order chi connectivity index (χ1) is 12.7. The Hall–Kier alpha value is -0.400. The van der Waals surface area contributed by atoms with Crippen molar-refractivity contribution in [1.82, 2.24) is 20.4 Å². The molecule has 0 radical (unpaired) electrons. The Balaban J connectivity index is 1.34. The van der Waals surface area contributed by atoms with Crippen LogP contribution >= 0.6 is 11.8 Å². The molecule has 4 N–H and O–H groups in total. The van der Waals surface area contributed by atoms with Crippen LogP contribution < -0.4 is 10.6 Å². The fourth-order valence-electron chi connectivity index (χ4n) is 5.12. The number of fused-ring (bicyclic) bond motifs is 3. The summed E-state index contributed by atoms with van der Waals surface area (Å²) in [7, 11) is 0. The largest absolute Gasteiger partial charge is 0.396 e. The summed E-state index contributed by atoms with van der Waals surface area (Å²) in [5.41, 5.74) is 0.371. The van der Waals surface area contributed by atoms with E-state index in [0.717, 1.165) is 52.0 Å². The van der Waals surface area contributed by atoms with Gasteiger partial charge in [-0.25, -0.2) is 0 Å². The Labute approximate surface area is 160 Å². The number of nitriles is 1. The summed E-state index contributed by atoms with van der Waals surface area (Å²) in [6.07, 6.45) is 3.26. The maximum absolute atomic E-state index is 10.1. The third-order valence-electron chi connectivity index (χ3n) is 6.61. The number of nitrogens with one attached hydrogen (secondary N) is 2. The average molecular weight is 382 g/mol. The number of piperidine rings is 1. The molecule has 7 atom stereocenters. The molecule has 3 aliphatic heterocycles. The van der Waals surface area contributed by atoms with Crippen LogP contribution in [0, 0.1) is 23.2 Å². The molecule has 0 amide bonds. The van der Waals surface area contributed by atoms with Crippen LogP contribution in [0.2, 0.25) is 0 Å². The molecule has 7 unspecified atom stereocenters. The number of hydrogen-bond donors (Lipinski definition) is 4. The number of thioether (sulfide) groups is 1. The van der Waals surface area contributed by atoms with Gasteiger partial charge in [-0.05, 0) is 31.6 Å². The molecule has 0 bridgehead atoms. The molecule has 0 aromatic carbocycles. The lowest BCUT2D eigenvalue weighted by atomic mass is 9.72. The van der Waals surface area contributed by atoms with Gasteiger partial charge < -0.3 is 15.1 Å². The van der Waals surface area contributed by atoms with Crippen LogP contribution in [0.1, 0.15) is 25.7 Å². The van der Waals surface area contributed by atoms with E-state index in [-0.39, 0.29) is 12.5 Å². The second-order valence-electron chi connectivity index (χ2n) is 8.10. The van der Waals surface area contributed by atoms with Crippen molar-refractivity contribution in [1.29, 1.82) is 5.26 Å². The standard InChI is InChI=1S/C18H31N5O2S/c19-11-12-10-13-14(20-17(12)25)2-3-15-16(13)21-18(26-15)23-7-5-22(6-8-23)4-1-9-24/h12-18,20-21,24-25H,1-10H2. The highest BCUT2D eigenvalue weighted by Gasteiger charge is 2.50. The molecule has 4 rings (SSSR count). The first-order valence-electron chi connectivity index (χ1n) is 10.0. The topological polar surface area (TPSA) is 94.8 Å². The van der Waals surface area contributed by atoms with E-state index in [2.05, 4.69) is 38.3 Å². The van der Waals surface area contributed by atoms with Gasteiger partial charge in [0.15, 0.2) is 0 Å². The normalized spacial score (nSPS) is 44.3. The van der Waals surface area contributed by atoms with Crippen molar-refractivity contribution < 1.29 is 10.2 Å². The number of nitrogens with zero attached hydrogens (tertiary/aromatic N) is 3. The maximum atomic E-state index is 10.1. The molecule has 4 fully saturated rings. The average Bonchev–Trinajstić information content (AvgIpc) is 3.11. The summed E-state index contributed by atoms with van der Waals surface area (Å²) < 4.78 is 0. The van der Waals surface area contributed by atoms with Gasteiger partial charge in [0, 0.05) is 56.7 Å². The second-order valence-corrected chi connectivity index (χ2v) is 9.43. The summed E-state index contributed by atoms with van der Waals surface area (Å²) in [4.78, 5) is 5.00. The maximum Gasteiger partial charge on any atom is 0.121 e. The molecule has 0 spiro atoms. The molecule has 1 aliphatic carbocycles. The lowest BCUT2D eigenvalue weighted by molar-refractivity contribution is 0.00424. The minimum absolute atomic E-state index is 0.276. The Morgan fingerprint density at radius 3 is 2.69 bits per heavy atom. The molecular formula is C18H31N5O2S. The molecule has 1 saturated carbocycles. The smallest absolute Gasteiger partial charge is 0.121 e. The quantitative estimate of drug-likeness (QED) is 0.521. The van der Waals surface area contributed by atoms with E-state index in [1.54, 1.807) is 0 Å². The van der Waals surface area contributed by atoms with E-state index in [1.807, 2.05) is 0 Å². The first-order valence-corrected chi connectivity index (χ1v) is 11.0. The van der Waals surface area contributed by atoms with Crippen LogP contribution in [0.25, 0.3) is 0 Å². The number of hydrogen-bond acceptors (Lipinski definition) is 8. The lowest BCUT2D eigenvalue weighted by Crippen LogP contribution is -2.61. The van der Waals surface area contributed by atoms with Crippen molar-refractivity contribution in [2.24, 2.45) is 11.8 Å². The molecule has 8 heteroatoms. The van der Waals surface area contributed by atoms with Crippen molar-refractivity contribution in [3.8, 4) is 6.07 Å². The number of rotatable bonds is 4. The van der Waals surface area contributed by atoms with Gasteiger partial charge in [0.1, 0.15) is 11.7 Å². The Morgan fingerprint density at radius 2 is 1.96 bits per heavy atom. The Kier molecular flexibility index (Phi) is 6.05. The lowest BCUT2D eigenvalue weighted by Gasteiger charge is -2.46. The van der Waals surface area contributed by atoms with Gasteiger partial charge in [0.05, 0.1) is 12.0 Å². The molecule has 3 heterocycles. The molecule has 7 nitrogen and oxygen atoms in total. The van der Waals surface area contributed by atoms with Crippen molar-refractivity contribution in [3.63, 3.8) is 0 Å². The fourth-order valence-corrected chi connectivity index (χ4v) is 6.79. The van der Waals surface area contributed by atoms with E-state index in [9.17, 15) is 10.4 Å². The van der Waals surface area contributed by atoms with Crippen LogP contribution in [-0.2, 0) is 0 Å². The molecule has 4 aliphatic rings. The van der Waals surface area contributed by atoms with Gasteiger partial charge in [-0.1, -0.05) is 0 Å². The number of piperazine rings is 1. The highest BCUT2D eigenvalue weighted by atomic mass is 32.2.